The molecular formula is C13H21N3O3S. The molecule has 0 aromatic heterocycles. The Balaban J connectivity index is 2.01. The van der Waals surface area contributed by atoms with Gasteiger partial charge in [0, 0.05) is 38.4 Å². The number of hydrogen-bond acceptors (Lipinski definition) is 5. The fraction of sp³-hybridized carbons (Fsp3) is 0.538. The lowest BCUT2D eigenvalue weighted by molar-refractivity contribution is 0.189. The quantitative estimate of drug-likeness (QED) is 0.781. The molecule has 0 aliphatic carbocycles. The van der Waals surface area contributed by atoms with Crippen LogP contribution < -0.4 is 9.62 Å². The highest BCUT2D eigenvalue weighted by Gasteiger charge is 2.17. The number of nitrogens with zero attached hydrogens (tertiary/aromatic N) is 2. The molecule has 2 N–H and O–H groups in total. The van der Waals surface area contributed by atoms with E-state index in [2.05, 4.69) is 14.5 Å². The van der Waals surface area contributed by atoms with E-state index < -0.39 is 10.0 Å². The van der Waals surface area contributed by atoms with E-state index in [1.807, 2.05) is 12.1 Å². The van der Waals surface area contributed by atoms with E-state index in [4.69, 9.17) is 5.11 Å². The summed E-state index contributed by atoms with van der Waals surface area (Å²) in [5.74, 6) is 0. The van der Waals surface area contributed by atoms with Crippen LogP contribution in [0.2, 0.25) is 0 Å². The molecule has 6 nitrogen and oxygen atoms in total. The van der Waals surface area contributed by atoms with E-state index in [0.717, 1.165) is 31.9 Å². The Morgan fingerprint density at radius 3 is 2.25 bits per heavy atom. The first kappa shape index (κ1) is 15.2. The molecule has 0 amide bonds. The molecule has 0 spiro atoms. The minimum Gasteiger partial charge on any atom is -0.395 e. The number of nitrogens with one attached hydrogen (secondary N) is 1. The molecule has 7 heteroatoms. The number of anilines is 1. The van der Waals surface area contributed by atoms with E-state index in [1.165, 1.54) is 7.05 Å². The van der Waals surface area contributed by atoms with Gasteiger partial charge in [-0.15, -0.1) is 0 Å². The molecule has 1 aromatic rings. The third-order valence-corrected chi connectivity index (χ3v) is 5.00. The molecule has 1 aromatic carbocycles. The summed E-state index contributed by atoms with van der Waals surface area (Å²) in [6, 6.07) is 6.93. The molecule has 2 rings (SSSR count). The van der Waals surface area contributed by atoms with Gasteiger partial charge in [0.2, 0.25) is 10.0 Å². The minimum atomic E-state index is -3.37. The average Bonchev–Trinajstić information content (AvgIpc) is 2.48. The van der Waals surface area contributed by atoms with Gasteiger partial charge >= 0.3 is 0 Å². The van der Waals surface area contributed by atoms with Crippen molar-refractivity contribution < 1.29 is 13.5 Å². The molecule has 0 bridgehead atoms. The fourth-order valence-electron chi connectivity index (χ4n) is 2.33. The van der Waals surface area contributed by atoms with Gasteiger partial charge in [-0.1, -0.05) is 0 Å². The lowest BCUT2D eigenvalue weighted by Crippen LogP contribution is -2.47. The van der Waals surface area contributed by atoms with Crippen LogP contribution in [0.15, 0.2) is 29.2 Å². The number of benzene rings is 1. The summed E-state index contributed by atoms with van der Waals surface area (Å²) in [7, 11) is -1.96. The number of aliphatic hydroxyl groups is 1. The maximum atomic E-state index is 11.6. The van der Waals surface area contributed by atoms with Crippen LogP contribution >= 0.6 is 0 Å². The number of hydrogen-bond donors (Lipinski definition) is 2. The number of sulfonamides is 1. The predicted octanol–water partition coefficient (Wildman–Crippen LogP) is -0.291. The predicted molar refractivity (Wildman–Crippen MR) is 78.4 cm³/mol. The Morgan fingerprint density at radius 1 is 1.15 bits per heavy atom. The molecule has 0 unspecified atom stereocenters. The highest BCUT2D eigenvalue weighted by Crippen LogP contribution is 2.19. The summed E-state index contributed by atoms with van der Waals surface area (Å²) in [4.78, 5) is 4.72. The maximum absolute atomic E-state index is 11.6. The Labute approximate surface area is 120 Å². The summed E-state index contributed by atoms with van der Waals surface area (Å²) in [6.45, 7) is 4.51. The lowest BCUT2D eigenvalue weighted by Gasteiger charge is -2.35. The van der Waals surface area contributed by atoms with Crippen molar-refractivity contribution in [2.24, 2.45) is 0 Å². The Morgan fingerprint density at radius 2 is 1.75 bits per heavy atom. The first-order valence-electron chi connectivity index (χ1n) is 6.68. The summed E-state index contributed by atoms with van der Waals surface area (Å²) in [5.41, 5.74) is 1.03. The summed E-state index contributed by atoms with van der Waals surface area (Å²) < 4.78 is 25.6. The smallest absolute Gasteiger partial charge is 0.240 e. The fourth-order valence-corrected chi connectivity index (χ4v) is 3.06. The molecule has 20 heavy (non-hydrogen) atoms. The average molecular weight is 299 g/mol. The van der Waals surface area contributed by atoms with Crippen molar-refractivity contribution >= 4 is 15.7 Å². The van der Waals surface area contributed by atoms with Gasteiger partial charge in [0.15, 0.2) is 0 Å². The first-order chi connectivity index (χ1) is 9.56. The third kappa shape index (κ3) is 3.49. The van der Waals surface area contributed by atoms with Crippen molar-refractivity contribution in [3.63, 3.8) is 0 Å². The second kappa shape index (κ2) is 6.53. The molecule has 112 valence electrons. The lowest BCUT2D eigenvalue weighted by atomic mass is 10.2. The summed E-state index contributed by atoms with van der Waals surface area (Å²) in [6.07, 6.45) is 0. The maximum Gasteiger partial charge on any atom is 0.240 e. The Bertz CT molecular complexity index is 522. The van der Waals surface area contributed by atoms with Crippen LogP contribution in [0.5, 0.6) is 0 Å². The normalized spacial score (nSPS) is 17.4. The molecular weight excluding hydrogens is 278 g/mol. The summed E-state index contributed by atoms with van der Waals surface area (Å²) >= 11 is 0. The standard InChI is InChI=1S/C13H21N3O3S/c1-14-20(18,19)13-4-2-12(3-5-13)16-8-6-15(7-9-16)10-11-17/h2-5,14,17H,6-11H2,1H3. The van der Waals surface area contributed by atoms with Gasteiger partial charge < -0.3 is 10.0 Å². The SMILES string of the molecule is CNS(=O)(=O)c1ccc(N2CCN(CCO)CC2)cc1. The van der Waals surface area contributed by atoms with Crippen LogP contribution in [-0.2, 0) is 10.0 Å². The number of piperazine rings is 1. The first-order valence-corrected chi connectivity index (χ1v) is 8.17. The van der Waals surface area contributed by atoms with Gasteiger partial charge in [0.25, 0.3) is 0 Å². The van der Waals surface area contributed by atoms with Crippen LogP contribution in [0.25, 0.3) is 0 Å². The van der Waals surface area contributed by atoms with E-state index >= 15 is 0 Å². The highest BCUT2D eigenvalue weighted by atomic mass is 32.2. The zero-order valence-corrected chi connectivity index (χ0v) is 12.4. The number of β-amino-alcohol motifs (C(OH)–C–C–N with tert-alkyl or cyclic N) is 1. The molecule has 0 radical (unpaired) electrons. The Hall–Kier alpha value is -1.15. The van der Waals surface area contributed by atoms with Crippen molar-refractivity contribution in [3.8, 4) is 0 Å². The minimum absolute atomic E-state index is 0.191. The molecule has 1 fully saturated rings. The van der Waals surface area contributed by atoms with E-state index in [1.54, 1.807) is 12.1 Å². The molecule has 0 saturated carbocycles. The number of aliphatic hydroxyl groups excluding tert-OH is 1. The molecule has 0 atom stereocenters. The van der Waals surface area contributed by atoms with E-state index in [-0.39, 0.29) is 11.5 Å². The monoisotopic (exact) mass is 299 g/mol. The number of rotatable bonds is 5. The van der Waals surface area contributed by atoms with Gasteiger partial charge in [-0.3, -0.25) is 4.90 Å². The van der Waals surface area contributed by atoms with E-state index in [0.29, 0.717) is 6.54 Å². The van der Waals surface area contributed by atoms with Crippen molar-refractivity contribution in [2.75, 3.05) is 51.3 Å². The topological polar surface area (TPSA) is 72.9 Å². The van der Waals surface area contributed by atoms with Crippen LogP contribution in [0.3, 0.4) is 0 Å². The zero-order valence-electron chi connectivity index (χ0n) is 11.6. The van der Waals surface area contributed by atoms with E-state index in [9.17, 15) is 8.42 Å². The largest absolute Gasteiger partial charge is 0.395 e. The highest BCUT2D eigenvalue weighted by molar-refractivity contribution is 7.89. The molecule has 1 heterocycles. The molecule has 1 saturated heterocycles. The Kier molecular flexibility index (Phi) is 4.98. The zero-order chi connectivity index (χ0) is 14.6. The van der Waals surface area contributed by atoms with Crippen molar-refractivity contribution in [1.29, 1.82) is 0 Å². The van der Waals surface area contributed by atoms with Crippen molar-refractivity contribution in [1.82, 2.24) is 9.62 Å². The van der Waals surface area contributed by atoms with Gasteiger partial charge in [-0.2, -0.15) is 0 Å². The van der Waals surface area contributed by atoms with Crippen LogP contribution in [0.1, 0.15) is 0 Å². The van der Waals surface area contributed by atoms with Crippen molar-refractivity contribution in [3.05, 3.63) is 24.3 Å². The third-order valence-electron chi connectivity index (χ3n) is 3.57. The van der Waals surface area contributed by atoms with Gasteiger partial charge in [0.05, 0.1) is 11.5 Å². The second-order valence-electron chi connectivity index (χ2n) is 4.75. The molecule has 1 aliphatic heterocycles. The van der Waals surface area contributed by atoms with Crippen molar-refractivity contribution in [2.45, 2.75) is 4.90 Å². The molecule has 1 aliphatic rings. The van der Waals surface area contributed by atoms with Gasteiger partial charge in [-0.05, 0) is 31.3 Å². The van der Waals surface area contributed by atoms with Crippen LogP contribution in [0, 0.1) is 0 Å². The van der Waals surface area contributed by atoms with Crippen LogP contribution in [0.4, 0.5) is 5.69 Å². The van der Waals surface area contributed by atoms with Crippen LogP contribution in [-0.4, -0.2) is 64.8 Å². The summed E-state index contributed by atoms with van der Waals surface area (Å²) in [5, 5.41) is 8.91. The van der Waals surface area contributed by atoms with Gasteiger partial charge in [-0.25, -0.2) is 13.1 Å². The second-order valence-corrected chi connectivity index (χ2v) is 6.64. The van der Waals surface area contributed by atoms with Gasteiger partial charge in [0.1, 0.15) is 0 Å².